The number of benzene rings is 2. The minimum absolute atomic E-state index is 0.00876. The monoisotopic (exact) mass is 345 g/mol. The maximum Gasteiger partial charge on any atom is 0.296 e. The molecule has 0 saturated heterocycles. The van der Waals surface area contributed by atoms with Gasteiger partial charge in [-0.2, -0.15) is 0 Å². The highest BCUT2D eigenvalue weighted by molar-refractivity contribution is 6.05. The van der Waals surface area contributed by atoms with Crippen LogP contribution in [0, 0.1) is 27.2 Å². The van der Waals surface area contributed by atoms with Crippen molar-refractivity contribution in [3.63, 3.8) is 0 Å². The number of nitrogens with zero attached hydrogens (tertiary/aromatic N) is 2. The van der Waals surface area contributed by atoms with Crippen molar-refractivity contribution in [3.8, 4) is 5.75 Å². The van der Waals surface area contributed by atoms with E-state index in [0.29, 0.717) is 17.9 Å². The Morgan fingerprint density at radius 2 is 1.76 bits per heavy atom. The molecule has 0 bridgehead atoms. The molecule has 2 aromatic rings. The summed E-state index contributed by atoms with van der Waals surface area (Å²) in [5.41, 5.74) is 0.0705. The van der Waals surface area contributed by atoms with E-state index in [0.717, 1.165) is 0 Å². The zero-order valence-corrected chi connectivity index (χ0v) is 13.5. The topological polar surface area (TPSA) is 125 Å². The first-order chi connectivity index (χ1) is 11.8. The van der Waals surface area contributed by atoms with Crippen LogP contribution in [0.3, 0.4) is 0 Å². The third-order valence-corrected chi connectivity index (χ3v) is 3.38. The van der Waals surface area contributed by atoms with E-state index in [2.05, 4.69) is 5.32 Å². The van der Waals surface area contributed by atoms with Crippen LogP contribution in [0.1, 0.15) is 22.8 Å². The number of nitrogens with one attached hydrogen (secondary N) is 1. The number of ether oxygens (including phenoxy) is 1. The summed E-state index contributed by atoms with van der Waals surface area (Å²) >= 11 is 0. The van der Waals surface area contributed by atoms with Crippen LogP contribution in [0.5, 0.6) is 5.75 Å². The molecular weight excluding hydrogens is 330 g/mol. The lowest BCUT2D eigenvalue weighted by atomic mass is 10.1. The van der Waals surface area contributed by atoms with Crippen molar-refractivity contribution in [1.29, 1.82) is 0 Å². The Labute approximate surface area is 142 Å². The molecule has 0 aliphatic heterocycles. The molecular formula is C16H15N3O6. The maximum atomic E-state index is 12.3. The highest BCUT2D eigenvalue weighted by Crippen LogP contribution is 2.30. The van der Waals surface area contributed by atoms with Crippen LogP contribution in [0.25, 0.3) is 0 Å². The average molecular weight is 345 g/mol. The van der Waals surface area contributed by atoms with Gasteiger partial charge in [0.1, 0.15) is 11.4 Å². The molecule has 130 valence electrons. The van der Waals surface area contributed by atoms with Crippen molar-refractivity contribution in [3.05, 3.63) is 67.8 Å². The lowest BCUT2D eigenvalue weighted by Crippen LogP contribution is -2.13. The van der Waals surface area contributed by atoms with Crippen molar-refractivity contribution < 1.29 is 19.4 Å². The molecule has 0 atom stereocenters. The van der Waals surface area contributed by atoms with Gasteiger partial charge in [0.05, 0.1) is 22.5 Å². The van der Waals surface area contributed by atoms with Crippen LogP contribution < -0.4 is 10.1 Å². The van der Waals surface area contributed by atoms with Gasteiger partial charge in [0.15, 0.2) is 0 Å². The number of carbonyl (C=O) groups is 1. The van der Waals surface area contributed by atoms with Crippen molar-refractivity contribution in [2.75, 3.05) is 11.9 Å². The fourth-order valence-corrected chi connectivity index (χ4v) is 2.22. The Morgan fingerprint density at radius 1 is 1.08 bits per heavy atom. The second-order valence-electron chi connectivity index (χ2n) is 5.08. The molecule has 1 N–H and O–H groups in total. The van der Waals surface area contributed by atoms with E-state index in [-0.39, 0.29) is 22.6 Å². The van der Waals surface area contributed by atoms with E-state index in [9.17, 15) is 25.0 Å². The maximum absolute atomic E-state index is 12.3. The Hall–Kier alpha value is -3.49. The molecule has 0 fully saturated rings. The van der Waals surface area contributed by atoms with E-state index >= 15 is 0 Å². The first-order valence-electron chi connectivity index (χ1n) is 7.31. The minimum atomic E-state index is -0.626. The van der Waals surface area contributed by atoms with Crippen LogP contribution in [0.4, 0.5) is 17.1 Å². The molecule has 1 amide bonds. The summed E-state index contributed by atoms with van der Waals surface area (Å²) in [5.74, 6) is -0.288. The summed E-state index contributed by atoms with van der Waals surface area (Å²) < 4.78 is 5.21. The van der Waals surface area contributed by atoms with E-state index in [1.165, 1.54) is 43.3 Å². The highest BCUT2D eigenvalue weighted by Gasteiger charge is 2.19. The minimum Gasteiger partial charge on any atom is -0.494 e. The number of hydrogen-bond donors (Lipinski definition) is 1. The van der Waals surface area contributed by atoms with Crippen LogP contribution >= 0.6 is 0 Å². The van der Waals surface area contributed by atoms with Crippen molar-refractivity contribution in [1.82, 2.24) is 0 Å². The SMILES string of the molecule is CCOc1ccc(NC(=O)c2ccc([N+](=O)[O-])c(C)c2)c([N+](=O)[O-])c1. The average Bonchev–Trinajstić information content (AvgIpc) is 2.55. The molecule has 0 aromatic heterocycles. The van der Waals surface area contributed by atoms with E-state index in [1.54, 1.807) is 6.92 Å². The zero-order valence-electron chi connectivity index (χ0n) is 13.5. The van der Waals surface area contributed by atoms with Gasteiger partial charge in [-0.1, -0.05) is 0 Å². The highest BCUT2D eigenvalue weighted by atomic mass is 16.6. The number of carbonyl (C=O) groups excluding carboxylic acids is 1. The molecule has 0 unspecified atom stereocenters. The molecule has 2 aromatic carbocycles. The molecule has 0 heterocycles. The molecule has 0 saturated carbocycles. The molecule has 0 spiro atoms. The normalized spacial score (nSPS) is 10.2. The molecule has 9 heteroatoms. The lowest BCUT2D eigenvalue weighted by Gasteiger charge is -2.09. The summed E-state index contributed by atoms with van der Waals surface area (Å²) in [7, 11) is 0. The number of aryl methyl sites for hydroxylation is 1. The number of anilines is 1. The smallest absolute Gasteiger partial charge is 0.296 e. The van der Waals surface area contributed by atoms with Crippen LogP contribution in [-0.4, -0.2) is 22.4 Å². The Balaban J connectivity index is 2.30. The van der Waals surface area contributed by atoms with Crippen molar-refractivity contribution >= 4 is 23.0 Å². The molecule has 0 radical (unpaired) electrons. The first-order valence-corrected chi connectivity index (χ1v) is 7.31. The summed E-state index contributed by atoms with van der Waals surface area (Å²) in [6, 6.07) is 7.97. The standard InChI is InChI=1S/C16H15N3O6/c1-3-25-12-5-6-13(15(9-12)19(23)24)17-16(20)11-4-7-14(18(21)22)10(2)8-11/h4-9H,3H2,1-2H3,(H,17,20). The van der Waals surface area contributed by atoms with Gasteiger partial charge in [0, 0.05) is 17.2 Å². The second kappa shape index (κ2) is 7.39. The second-order valence-corrected chi connectivity index (χ2v) is 5.08. The summed E-state index contributed by atoms with van der Waals surface area (Å²) in [5, 5.41) is 24.5. The number of nitro benzene ring substituents is 2. The summed E-state index contributed by atoms with van der Waals surface area (Å²) in [4.78, 5) is 33.1. The molecule has 25 heavy (non-hydrogen) atoms. The van der Waals surface area contributed by atoms with E-state index in [1.807, 2.05) is 0 Å². The van der Waals surface area contributed by atoms with Gasteiger partial charge in [-0.25, -0.2) is 0 Å². The molecule has 2 rings (SSSR count). The van der Waals surface area contributed by atoms with E-state index < -0.39 is 15.8 Å². The van der Waals surface area contributed by atoms with Gasteiger partial charge < -0.3 is 10.1 Å². The van der Waals surface area contributed by atoms with Gasteiger partial charge in [0.2, 0.25) is 0 Å². The van der Waals surface area contributed by atoms with Crippen molar-refractivity contribution in [2.45, 2.75) is 13.8 Å². The fraction of sp³-hybridized carbons (Fsp3) is 0.188. The lowest BCUT2D eigenvalue weighted by molar-refractivity contribution is -0.385. The molecule has 0 aliphatic carbocycles. The third-order valence-electron chi connectivity index (χ3n) is 3.38. The number of amides is 1. The fourth-order valence-electron chi connectivity index (χ4n) is 2.22. The Morgan fingerprint density at radius 3 is 2.32 bits per heavy atom. The first kappa shape index (κ1) is 17.9. The Bertz CT molecular complexity index is 850. The van der Waals surface area contributed by atoms with Gasteiger partial charge >= 0.3 is 0 Å². The molecule has 0 aliphatic rings. The summed E-state index contributed by atoms with van der Waals surface area (Å²) in [6.07, 6.45) is 0. The van der Waals surface area contributed by atoms with Gasteiger partial charge in [-0.3, -0.25) is 25.0 Å². The predicted octanol–water partition coefficient (Wildman–Crippen LogP) is 3.46. The summed E-state index contributed by atoms with van der Waals surface area (Å²) in [6.45, 7) is 3.61. The number of rotatable bonds is 6. The molecule has 9 nitrogen and oxygen atoms in total. The number of hydrogen-bond acceptors (Lipinski definition) is 6. The van der Waals surface area contributed by atoms with Gasteiger partial charge in [-0.05, 0) is 38.1 Å². The van der Waals surface area contributed by atoms with Gasteiger partial charge in [-0.15, -0.1) is 0 Å². The van der Waals surface area contributed by atoms with Crippen LogP contribution in [-0.2, 0) is 0 Å². The Kier molecular flexibility index (Phi) is 5.28. The van der Waals surface area contributed by atoms with Gasteiger partial charge in [0.25, 0.3) is 17.3 Å². The van der Waals surface area contributed by atoms with E-state index in [4.69, 9.17) is 4.74 Å². The largest absolute Gasteiger partial charge is 0.494 e. The third kappa shape index (κ3) is 4.08. The quantitative estimate of drug-likeness (QED) is 0.631. The van der Waals surface area contributed by atoms with Crippen LogP contribution in [0.2, 0.25) is 0 Å². The number of nitro groups is 2. The van der Waals surface area contributed by atoms with Crippen LogP contribution in [0.15, 0.2) is 36.4 Å². The predicted molar refractivity (Wildman–Crippen MR) is 90.1 cm³/mol. The van der Waals surface area contributed by atoms with Crippen molar-refractivity contribution in [2.24, 2.45) is 0 Å². The zero-order chi connectivity index (χ0) is 18.6.